The fourth-order valence-corrected chi connectivity index (χ4v) is 2.25. The third-order valence-electron chi connectivity index (χ3n) is 3.04. The van der Waals surface area contributed by atoms with Crippen LogP contribution in [0.25, 0.3) is 5.95 Å². The van der Waals surface area contributed by atoms with Gasteiger partial charge in [0, 0.05) is 5.69 Å². The van der Waals surface area contributed by atoms with Crippen LogP contribution in [0.5, 0.6) is 0 Å². The molecule has 136 valence electrons. The van der Waals surface area contributed by atoms with Crippen molar-refractivity contribution in [3.63, 3.8) is 0 Å². The van der Waals surface area contributed by atoms with Gasteiger partial charge in [-0.15, -0.1) is 30.6 Å². The van der Waals surface area contributed by atoms with E-state index in [-0.39, 0.29) is 29.4 Å². The van der Waals surface area contributed by atoms with Crippen LogP contribution < -0.4 is 5.32 Å². The van der Waals surface area contributed by atoms with Gasteiger partial charge in [0.25, 0.3) is 23.5 Å². The summed E-state index contributed by atoms with van der Waals surface area (Å²) in [5, 5.41) is 45.0. The van der Waals surface area contributed by atoms with Gasteiger partial charge in [-0.2, -0.15) is 5.10 Å². The topological polar surface area (TPSA) is 184 Å². The second-order valence-corrected chi connectivity index (χ2v) is 6.02. The fourth-order valence-electron chi connectivity index (χ4n) is 1.95. The van der Waals surface area contributed by atoms with Crippen molar-refractivity contribution in [1.29, 1.82) is 0 Å². The molecule has 0 saturated heterocycles. The van der Waals surface area contributed by atoms with E-state index in [0.717, 1.165) is 11.4 Å². The highest BCUT2D eigenvalue weighted by atomic mass is 127. The lowest BCUT2D eigenvalue weighted by Gasteiger charge is -2.01. The predicted molar refractivity (Wildman–Crippen MR) is 93.0 cm³/mol. The summed E-state index contributed by atoms with van der Waals surface area (Å²) in [5.74, 6) is 0.647. The van der Waals surface area contributed by atoms with Crippen LogP contribution in [0.2, 0.25) is 0 Å². The summed E-state index contributed by atoms with van der Waals surface area (Å²) in [4.78, 5) is 0. The molecule has 4 aromatic rings. The van der Waals surface area contributed by atoms with Crippen molar-refractivity contribution in [3.8, 4) is 5.95 Å². The molecular formula is C11H8IN13O2. The van der Waals surface area contributed by atoms with E-state index in [9.17, 15) is 0 Å². The van der Waals surface area contributed by atoms with Gasteiger partial charge in [-0.1, -0.05) is 0 Å². The molecule has 4 heterocycles. The number of nitrogens with zero attached hydrogens (tertiary/aromatic N) is 12. The second-order valence-electron chi connectivity index (χ2n) is 5.00. The summed E-state index contributed by atoms with van der Waals surface area (Å²) in [7, 11) is 0. The van der Waals surface area contributed by atoms with Gasteiger partial charge in [-0.25, -0.2) is 13.9 Å². The van der Waals surface area contributed by atoms with E-state index in [0.29, 0.717) is 3.70 Å². The molecule has 0 atom stereocenters. The lowest BCUT2D eigenvalue weighted by Crippen LogP contribution is -2.10. The minimum absolute atomic E-state index is 0.0417. The molecule has 4 rings (SSSR count). The first kappa shape index (κ1) is 17.0. The van der Waals surface area contributed by atoms with E-state index in [2.05, 4.69) is 70.9 Å². The molecule has 1 N–H and O–H groups in total. The third-order valence-corrected chi connectivity index (χ3v) is 3.72. The predicted octanol–water partition coefficient (Wildman–Crippen LogP) is 1.60. The molecule has 0 aliphatic heterocycles. The maximum absolute atomic E-state index is 4.64. The molecule has 4 aromatic heterocycles. The number of hydrogen-bond donors (Lipinski definition) is 1. The van der Waals surface area contributed by atoms with Crippen molar-refractivity contribution >= 4 is 46.0 Å². The van der Waals surface area contributed by atoms with Crippen molar-refractivity contribution in [1.82, 2.24) is 50.8 Å². The number of anilines is 2. The monoisotopic (exact) mass is 481 g/mol. The van der Waals surface area contributed by atoms with E-state index in [1.165, 1.54) is 4.68 Å². The van der Waals surface area contributed by atoms with Crippen LogP contribution >= 0.6 is 22.6 Å². The Balaban J connectivity index is 1.52. The minimum Gasteiger partial charge on any atom is -0.300 e. The lowest BCUT2D eigenvalue weighted by atomic mass is 10.4. The Kier molecular flexibility index (Phi) is 4.44. The van der Waals surface area contributed by atoms with E-state index in [1.54, 1.807) is 0 Å². The average Bonchev–Trinajstić information content (AvgIpc) is 3.35. The van der Waals surface area contributed by atoms with Crippen LogP contribution in [0.4, 0.5) is 23.4 Å². The van der Waals surface area contributed by atoms with Crippen molar-refractivity contribution in [2.45, 2.75) is 13.8 Å². The summed E-state index contributed by atoms with van der Waals surface area (Å²) >= 11 is 1.90. The van der Waals surface area contributed by atoms with Gasteiger partial charge in [0.05, 0.1) is 5.69 Å². The average molecular weight is 481 g/mol. The van der Waals surface area contributed by atoms with Crippen LogP contribution in [-0.2, 0) is 0 Å². The maximum Gasteiger partial charge on any atom is 0.289 e. The molecule has 15 nitrogen and oxygen atoms in total. The van der Waals surface area contributed by atoms with E-state index in [1.807, 2.05) is 42.5 Å². The SMILES string of the molecule is Cc1cc(C)n(-c2nnc(Nc3nonc3N=Nc3nonc3I)nn2)n1. The number of hydrogen-bond acceptors (Lipinski definition) is 14. The summed E-state index contributed by atoms with van der Waals surface area (Å²) in [6, 6.07) is 1.89. The summed E-state index contributed by atoms with van der Waals surface area (Å²) < 4.78 is 11.1. The summed E-state index contributed by atoms with van der Waals surface area (Å²) in [6.07, 6.45) is 0. The van der Waals surface area contributed by atoms with Gasteiger partial charge in [0.1, 0.15) is 0 Å². The largest absolute Gasteiger partial charge is 0.300 e. The zero-order chi connectivity index (χ0) is 18.8. The number of halogens is 1. The Hall–Kier alpha value is -3.44. The zero-order valence-corrected chi connectivity index (χ0v) is 15.8. The first-order chi connectivity index (χ1) is 13.1. The number of rotatable bonds is 5. The molecule has 27 heavy (non-hydrogen) atoms. The molecule has 0 unspecified atom stereocenters. The van der Waals surface area contributed by atoms with E-state index >= 15 is 0 Å². The molecule has 16 heteroatoms. The first-order valence-corrected chi connectivity index (χ1v) is 8.28. The highest BCUT2D eigenvalue weighted by Gasteiger charge is 2.14. The van der Waals surface area contributed by atoms with Gasteiger partial charge in [0.2, 0.25) is 5.82 Å². The van der Waals surface area contributed by atoms with Crippen LogP contribution in [0.1, 0.15) is 11.4 Å². The maximum atomic E-state index is 4.64. The van der Waals surface area contributed by atoms with Gasteiger partial charge in [0.15, 0.2) is 3.70 Å². The Labute approximate surface area is 162 Å². The van der Waals surface area contributed by atoms with Gasteiger partial charge in [-0.05, 0) is 63.1 Å². The molecule has 0 amide bonds. The van der Waals surface area contributed by atoms with Gasteiger partial charge in [-0.3, -0.25) is 5.32 Å². The molecule has 0 aliphatic rings. The first-order valence-electron chi connectivity index (χ1n) is 7.20. The molecule has 0 bridgehead atoms. The van der Waals surface area contributed by atoms with Crippen molar-refractivity contribution in [3.05, 3.63) is 21.2 Å². The molecule has 0 aromatic carbocycles. The molecule has 0 fully saturated rings. The van der Waals surface area contributed by atoms with Crippen LogP contribution in [-0.4, -0.2) is 50.8 Å². The Morgan fingerprint density at radius 3 is 2.33 bits per heavy atom. The van der Waals surface area contributed by atoms with Gasteiger partial charge >= 0.3 is 0 Å². The third kappa shape index (κ3) is 3.59. The highest BCUT2D eigenvalue weighted by molar-refractivity contribution is 14.1. The Morgan fingerprint density at radius 2 is 1.67 bits per heavy atom. The summed E-state index contributed by atoms with van der Waals surface area (Å²) in [6.45, 7) is 3.74. The number of aryl methyl sites for hydroxylation is 2. The summed E-state index contributed by atoms with van der Waals surface area (Å²) in [5.41, 5.74) is 1.69. The van der Waals surface area contributed by atoms with Crippen molar-refractivity contribution in [2.75, 3.05) is 5.32 Å². The second kappa shape index (κ2) is 7.05. The number of nitrogens with one attached hydrogen (secondary N) is 1. The molecule has 0 spiro atoms. The fraction of sp³-hybridized carbons (Fsp3) is 0.182. The molecule has 0 saturated carbocycles. The Bertz CT molecular complexity index is 1100. The van der Waals surface area contributed by atoms with Gasteiger partial charge < -0.3 is 0 Å². The normalized spacial score (nSPS) is 11.4. The standard InChI is InChI=1S/C11H8IN13O2/c1-4-3-5(2)25(20-4)11-18-16-10(17-19-11)13-8-9(24-27-23-8)15-14-7-6(12)21-26-22-7/h3H,1-2H3,(H,13,16,17,23). The van der Waals surface area contributed by atoms with Crippen LogP contribution in [0.3, 0.4) is 0 Å². The quantitative estimate of drug-likeness (QED) is 0.321. The van der Waals surface area contributed by atoms with Crippen molar-refractivity contribution in [2.24, 2.45) is 10.2 Å². The Morgan fingerprint density at radius 1 is 0.963 bits per heavy atom. The smallest absolute Gasteiger partial charge is 0.289 e. The lowest BCUT2D eigenvalue weighted by molar-refractivity contribution is 0.305. The van der Waals surface area contributed by atoms with Crippen molar-refractivity contribution < 1.29 is 9.26 Å². The molecule has 0 aliphatic carbocycles. The van der Waals surface area contributed by atoms with E-state index in [4.69, 9.17) is 0 Å². The highest BCUT2D eigenvalue weighted by Crippen LogP contribution is 2.25. The minimum atomic E-state index is 0.0417. The van der Waals surface area contributed by atoms with Crippen LogP contribution in [0.15, 0.2) is 25.6 Å². The number of aromatic nitrogens is 10. The molecular weight excluding hydrogens is 473 g/mol. The zero-order valence-electron chi connectivity index (χ0n) is 13.6. The van der Waals surface area contributed by atoms with Crippen LogP contribution in [0, 0.1) is 17.5 Å². The molecule has 0 radical (unpaired) electrons. The number of azo groups is 1. The van der Waals surface area contributed by atoms with E-state index < -0.39 is 0 Å².